The molecule has 0 spiro atoms. The largest absolute Gasteiger partial charge is 0.400 e. The van der Waals surface area contributed by atoms with Crippen LogP contribution in [-0.4, -0.2) is 67.8 Å². The second-order valence-electron chi connectivity index (χ2n) is 31.2. The Morgan fingerprint density at radius 1 is 0.367 bits per heavy atom. The lowest BCUT2D eigenvalue weighted by Crippen LogP contribution is -2.51. The highest BCUT2D eigenvalue weighted by Gasteiger charge is 2.61. The Kier molecular flexibility index (Phi) is 28.4. The van der Waals surface area contributed by atoms with Crippen molar-refractivity contribution in [1.29, 1.82) is 0 Å². The van der Waals surface area contributed by atoms with Gasteiger partial charge in [0.25, 0.3) is 0 Å². The molecule has 15 aliphatic rings. The molecule has 0 heterocycles. The van der Waals surface area contributed by atoms with Crippen LogP contribution >= 0.6 is 0 Å². The van der Waals surface area contributed by atoms with E-state index in [0.717, 1.165) is 86.1 Å². The normalized spacial score (nSPS) is 43.8. The molecule has 15 fully saturated rings. The van der Waals surface area contributed by atoms with Crippen molar-refractivity contribution < 1.29 is 30.6 Å². The van der Waals surface area contributed by atoms with E-state index in [1.807, 2.05) is 13.8 Å². The van der Waals surface area contributed by atoms with Crippen LogP contribution in [0.25, 0.3) is 0 Å². The first-order valence-corrected chi connectivity index (χ1v) is 35.8. The minimum atomic E-state index is -0.460. The quantitative estimate of drug-likeness (QED) is 0.146. The molecule has 0 aliphatic heterocycles. The third kappa shape index (κ3) is 18.2. The van der Waals surface area contributed by atoms with Crippen molar-refractivity contribution in [3.05, 3.63) is 0 Å². The third-order valence-corrected chi connectivity index (χ3v) is 25.9. The molecule has 0 aromatic heterocycles. The van der Waals surface area contributed by atoms with Crippen LogP contribution in [0.1, 0.15) is 319 Å². The fourth-order valence-electron chi connectivity index (χ4n) is 21.9. The molecule has 15 aliphatic carbocycles. The van der Waals surface area contributed by atoms with Gasteiger partial charge in [-0.1, -0.05) is 143 Å². The van der Waals surface area contributed by atoms with E-state index in [9.17, 15) is 15.3 Å². The van der Waals surface area contributed by atoms with Gasteiger partial charge in [-0.25, -0.2) is 0 Å². The maximum Gasteiger partial charge on any atom is 0.0675 e. The Hall–Kier alpha value is -0.240. The van der Waals surface area contributed by atoms with Crippen LogP contribution in [-0.2, 0) is 0 Å². The van der Waals surface area contributed by atoms with E-state index in [1.54, 1.807) is 97.3 Å². The zero-order valence-electron chi connectivity index (χ0n) is 53.9. The van der Waals surface area contributed by atoms with Crippen molar-refractivity contribution >= 4 is 0 Å². The standard InChI is InChI=1S/C13H24O.C13H20.C10H18O.C9H16O.2C8H14.C7H14.2C2H6O.CH4O/c1-12(2,14)13-9-5-3-7-11(13)8-4-6-10-13;1-7-4-10-6-11(7)13-9-3-2-8(5-9)12(10)13;11-10-7-3-1-5-9(10)6-2-4-8-10;10-9-6-2-1-4-8(9)5-3-7-9;2*1-6-4-7-2-3-8(6)5-7;1-7-5-3-2-4-6-7;2*1-2-3;1-2/h11,14H,3-10H2,1-2H3;7-13H,2-6H2,1H3;9,11H,1-8H2;8,10H,1-7H2;2*6-8H,2-5H2,1H3;7H,2-6H2,1H3;2*3H,2H2,1H3;2H,1H3. The molecular weight excluding hydrogens is 973 g/mol. The molecule has 464 valence electrons. The highest BCUT2D eigenvalue weighted by atomic mass is 16.3. The van der Waals surface area contributed by atoms with Gasteiger partial charge >= 0.3 is 0 Å². The molecule has 0 amide bonds. The number of hydrogen-bond acceptors (Lipinski definition) is 6. The highest BCUT2D eigenvalue weighted by Crippen LogP contribution is 2.68. The number of aliphatic hydroxyl groups excluding tert-OH is 3. The number of fused-ring (bicyclic) bond motifs is 16. The minimum absolute atomic E-state index is 0.210. The Balaban J connectivity index is 0.000000147. The second-order valence-corrected chi connectivity index (χ2v) is 31.2. The molecule has 15 unspecified atom stereocenters. The highest BCUT2D eigenvalue weighted by molar-refractivity contribution is 5.10. The van der Waals surface area contributed by atoms with E-state index in [2.05, 4.69) is 27.7 Å². The number of rotatable bonds is 1. The fraction of sp³-hybridized carbons (Fsp3) is 1.00. The topological polar surface area (TPSA) is 121 Å². The molecule has 0 aromatic carbocycles. The number of aliphatic hydroxyl groups is 6. The van der Waals surface area contributed by atoms with Crippen LogP contribution < -0.4 is 0 Å². The summed E-state index contributed by atoms with van der Waals surface area (Å²) in [4.78, 5) is 0. The first-order chi connectivity index (χ1) is 38.0. The summed E-state index contributed by atoms with van der Waals surface area (Å²) in [6, 6.07) is 0. The number of hydrogen-bond donors (Lipinski definition) is 6. The van der Waals surface area contributed by atoms with E-state index in [0.29, 0.717) is 11.8 Å². The SMILES string of the molecule is CC(C)(O)C12CCCCC1CCCC2.CC1CC2CC1C1C3CCC(C3)C21.CC1CC2CCC1C2.CC1CC2CCC1C2.CC1CCCCC1.CCO.CCO.CO.OC12CCCCC1CCC2.OC12CCCCC1CCCC2. The Morgan fingerprint density at radius 3 is 1.09 bits per heavy atom. The summed E-state index contributed by atoms with van der Waals surface area (Å²) >= 11 is 0. The van der Waals surface area contributed by atoms with Crippen LogP contribution in [0.4, 0.5) is 0 Å². The molecule has 79 heavy (non-hydrogen) atoms. The summed E-state index contributed by atoms with van der Waals surface area (Å²) in [5, 5.41) is 52.8. The lowest BCUT2D eigenvalue weighted by molar-refractivity contribution is -0.129. The molecule has 0 saturated heterocycles. The Bertz CT molecular complexity index is 1580. The lowest BCUT2D eigenvalue weighted by Gasteiger charge is -2.54. The lowest BCUT2D eigenvalue weighted by atomic mass is 9.53. The van der Waals surface area contributed by atoms with Crippen molar-refractivity contribution in [2.45, 2.75) is 335 Å². The first kappa shape index (κ1) is 67.9. The van der Waals surface area contributed by atoms with Crippen LogP contribution in [0.15, 0.2) is 0 Å². The van der Waals surface area contributed by atoms with Gasteiger partial charge in [0.1, 0.15) is 0 Å². The Labute approximate surface area is 490 Å². The van der Waals surface area contributed by atoms with Crippen LogP contribution in [0.5, 0.6) is 0 Å². The van der Waals surface area contributed by atoms with E-state index in [1.165, 1.54) is 190 Å². The van der Waals surface area contributed by atoms with E-state index < -0.39 is 5.60 Å². The monoisotopic (exact) mass is 1110 g/mol. The molecule has 0 radical (unpaired) electrons. The fourth-order valence-corrected chi connectivity index (χ4v) is 21.9. The van der Waals surface area contributed by atoms with Crippen LogP contribution in [0, 0.1) is 106 Å². The Morgan fingerprint density at radius 2 is 0.747 bits per heavy atom. The predicted molar refractivity (Wildman–Crippen MR) is 334 cm³/mol. The zero-order chi connectivity index (χ0) is 57.2. The van der Waals surface area contributed by atoms with Gasteiger partial charge in [0.15, 0.2) is 0 Å². The van der Waals surface area contributed by atoms with Crippen molar-refractivity contribution in [1.82, 2.24) is 0 Å². The maximum absolute atomic E-state index is 10.4. The van der Waals surface area contributed by atoms with Crippen LogP contribution in [0.2, 0.25) is 0 Å². The average molecular weight is 1110 g/mol. The first-order valence-electron chi connectivity index (χ1n) is 35.8. The minimum Gasteiger partial charge on any atom is -0.400 e. The summed E-state index contributed by atoms with van der Waals surface area (Å²) in [7, 11) is 1.00. The molecule has 6 heteroatoms. The molecule has 0 aromatic rings. The third-order valence-electron chi connectivity index (χ3n) is 25.9. The summed E-state index contributed by atoms with van der Waals surface area (Å²) in [5.41, 5.74) is -0.628. The van der Waals surface area contributed by atoms with Gasteiger partial charge in [-0.2, -0.15) is 0 Å². The zero-order valence-corrected chi connectivity index (χ0v) is 53.9. The van der Waals surface area contributed by atoms with Crippen molar-refractivity contribution in [3.63, 3.8) is 0 Å². The average Bonchev–Trinajstić information content (AvgIpc) is 4.38. The van der Waals surface area contributed by atoms with Crippen molar-refractivity contribution in [2.24, 2.45) is 106 Å². The molecule has 6 N–H and O–H groups in total. The van der Waals surface area contributed by atoms with Crippen molar-refractivity contribution in [3.8, 4) is 0 Å². The van der Waals surface area contributed by atoms with Crippen molar-refractivity contribution in [2.75, 3.05) is 20.3 Å². The van der Waals surface area contributed by atoms with Gasteiger partial charge in [0.2, 0.25) is 0 Å². The molecular formula is C73H136O6. The molecule has 15 rings (SSSR count). The maximum atomic E-state index is 10.4. The molecule has 15 saturated carbocycles. The predicted octanol–water partition coefficient (Wildman–Crippen LogP) is 18.5. The smallest absolute Gasteiger partial charge is 0.0675 e. The summed E-state index contributed by atoms with van der Waals surface area (Å²) < 4.78 is 0. The van der Waals surface area contributed by atoms with E-state index >= 15 is 0 Å². The second kappa shape index (κ2) is 33.0. The van der Waals surface area contributed by atoms with Gasteiger partial charge in [-0.05, 0) is 276 Å². The van der Waals surface area contributed by atoms with Gasteiger partial charge in [-0.15, -0.1) is 0 Å². The summed E-state index contributed by atoms with van der Waals surface area (Å²) in [6.07, 6.45) is 57.2. The van der Waals surface area contributed by atoms with Gasteiger partial charge in [0, 0.05) is 25.7 Å². The molecule has 15 atom stereocenters. The van der Waals surface area contributed by atoms with Gasteiger partial charge < -0.3 is 30.6 Å². The van der Waals surface area contributed by atoms with Crippen LogP contribution in [0.3, 0.4) is 0 Å². The summed E-state index contributed by atoms with van der Waals surface area (Å²) in [5.74, 6) is 18.2. The molecule has 8 bridgehead atoms. The van der Waals surface area contributed by atoms with E-state index in [4.69, 9.17) is 15.3 Å². The molecule has 6 nitrogen and oxygen atoms in total. The van der Waals surface area contributed by atoms with Gasteiger partial charge in [0.05, 0.1) is 16.8 Å². The summed E-state index contributed by atoms with van der Waals surface area (Å²) in [6.45, 7) is 17.7. The van der Waals surface area contributed by atoms with E-state index in [-0.39, 0.29) is 29.8 Å². The van der Waals surface area contributed by atoms with Gasteiger partial charge in [-0.3, -0.25) is 0 Å².